The third kappa shape index (κ3) is 5.19. The van der Waals surface area contributed by atoms with Gasteiger partial charge in [0.1, 0.15) is 5.58 Å². The Hall–Kier alpha value is -7.40. The largest absolute Gasteiger partial charge is 0.454 e. The third-order valence-corrected chi connectivity index (χ3v) is 12.8. The summed E-state index contributed by atoms with van der Waals surface area (Å²) in [6.07, 6.45) is 0. The summed E-state index contributed by atoms with van der Waals surface area (Å²) in [5.74, 6) is 0. The highest BCUT2D eigenvalue weighted by Crippen LogP contribution is 2.42. The smallest absolute Gasteiger partial charge is 0.160 e. The molecule has 0 bridgehead atoms. The van der Waals surface area contributed by atoms with E-state index in [0.29, 0.717) is 0 Å². The summed E-state index contributed by atoms with van der Waals surface area (Å²) < 4.78 is 11.6. The van der Waals surface area contributed by atoms with Crippen molar-refractivity contribution < 1.29 is 4.42 Å². The Kier molecular flexibility index (Phi) is 7.40. The zero-order valence-corrected chi connectivity index (χ0v) is 32.2. The molecule has 4 heteroatoms. The fourth-order valence-electron chi connectivity index (χ4n) is 8.84. The van der Waals surface area contributed by atoms with Gasteiger partial charge in [-0.15, -0.1) is 11.3 Å². The topological polar surface area (TPSA) is 21.3 Å². The molecule has 9 aromatic carbocycles. The van der Waals surface area contributed by atoms with E-state index >= 15 is 0 Å². The van der Waals surface area contributed by atoms with Gasteiger partial charge in [-0.1, -0.05) is 121 Å². The first kappa shape index (κ1) is 32.8. The minimum absolute atomic E-state index is 0.901. The van der Waals surface area contributed by atoms with Gasteiger partial charge >= 0.3 is 0 Å². The van der Waals surface area contributed by atoms with E-state index in [-0.39, 0.29) is 0 Å². The number of fused-ring (bicyclic) bond motifs is 10. The summed E-state index contributed by atoms with van der Waals surface area (Å²) in [7, 11) is 0. The lowest BCUT2D eigenvalue weighted by molar-refractivity contribution is 0.671. The molecular weight excluding hydrogens is 725 g/mol. The van der Waals surface area contributed by atoms with Crippen LogP contribution in [-0.2, 0) is 0 Å². The molecule has 0 aliphatic heterocycles. The summed E-state index contributed by atoms with van der Waals surface area (Å²) in [6, 6.07) is 74.4. The van der Waals surface area contributed by atoms with E-state index in [0.717, 1.165) is 55.7 Å². The molecule has 12 rings (SSSR count). The highest BCUT2D eigenvalue weighted by molar-refractivity contribution is 7.25. The van der Waals surface area contributed by atoms with Gasteiger partial charge in [0, 0.05) is 64.5 Å². The molecule has 3 aromatic heterocycles. The lowest BCUT2D eigenvalue weighted by Crippen LogP contribution is -2.10. The molecule has 0 saturated heterocycles. The summed E-state index contributed by atoms with van der Waals surface area (Å²) >= 11 is 1.86. The molecule has 0 aliphatic rings. The summed E-state index contributed by atoms with van der Waals surface area (Å²) in [5.41, 5.74) is 13.2. The standard InChI is InChI=1S/C54H34N2OS/c1-2-10-35(11-3-1)36-18-23-39(24-19-36)55(40-25-20-37(21-26-40)38-22-33-52-48(34-38)45-14-6-9-17-51(45)58-52)41-27-29-42(30-28-41)56-49-15-7-4-12-43(49)46-31-32-47-44-13-5-8-16-50(44)57-54(47)53(46)56/h1-34H. The normalized spacial score (nSPS) is 11.8. The van der Waals surface area contributed by atoms with Gasteiger partial charge in [-0.2, -0.15) is 0 Å². The zero-order chi connectivity index (χ0) is 38.2. The number of rotatable bonds is 6. The summed E-state index contributed by atoms with van der Waals surface area (Å²) in [5, 5.41) is 7.27. The van der Waals surface area contributed by atoms with Gasteiger partial charge in [-0.25, -0.2) is 0 Å². The van der Waals surface area contributed by atoms with Gasteiger partial charge in [0.2, 0.25) is 0 Å². The predicted octanol–water partition coefficient (Wildman–Crippen LogP) is 15.9. The van der Waals surface area contributed by atoms with Crippen LogP contribution in [0.5, 0.6) is 0 Å². The molecular formula is C54H34N2OS. The Morgan fingerprint density at radius 2 is 0.931 bits per heavy atom. The van der Waals surface area contributed by atoms with E-state index in [1.54, 1.807) is 0 Å². The van der Waals surface area contributed by atoms with E-state index in [9.17, 15) is 0 Å². The molecule has 0 atom stereocenters. The molecule has 3 nitrogen and oxygen atoms in total. The first-order chi connectivity index (χ1) is 28.7. The SMILES string of the molecule is c1ccc(-c2ccc(N(c3ccc(-c4ccc5sc6ccccc6c5c4)cc3)c3ccc(-n4c5ccccc5c5ccc6c7ccccc7oc6c54)cc3)cc2)cc1. The Bertz CT molecular complexity index is 3480. The van der Waals surface area contributed by atoms with E-state index in [4.69, 9.17) is 4.42 Å². The van der Waals surface area contributed by atoms with Crippen LogP contribution in [0.25, 0.3) is 91.9 Å². The molecule has 58 heavy (non-hydrogen) atoms. The van der Waals surface area contributed by atoms with Crippen LogP contribution >= 0.6 is 11.3 Å². The highest BCUT2D eigenvalue weighted by Gasteiger charge is 2.20. The molecule has 272 valence electrons. The Morgan fingerprint density at radius 3 is 1.69 bits per heavy atom. The van der Waals surface area contributed by atoms with Crippen LogP contribution in [0.3, 0.4) is 0 Å². The second-order valence-electron chi connectivity index (χ2n) is 14.9. The van der Waals surface area contributed by atoms with Gasteiger partial charge in [0.05, 0.1) is 11.0 Å². The van der Waals surface area contributed by atoms with Crippen LogP contribution in [0.2, 0.25) is 0 Å². The lowest BCUT2D eigenvalue weighted by Gasteiger charge is -2.26. The number of thiophene rings is 1. The van der Waals surface area contributed by atoms with E-state index < -0.39 is 0 Å². The van der Waals surface area contributed by atoms with Crippen molar-refractivity contribution in [2.45, 2.75) is 0 Å². The molecule has 12 aromatic rings. The number of furan rings is 1. The van der Waals surface area contributed by atoms with Gasteiger partial charge in [0.15, 0.2) is 5.58 Å². The number of hydrogen-bond donors (Lipinski definition) is 0. The second-order valence-corrected chi connectivity index (χ2v) is 16.0. The molecule has 0 fully saturated rings. The number of benzene rings is 9. The van der Waals surface area contributed by atoms with Crippen LogP contribution in [-0.4, -0.2) is 4.57 Å². The second kappa shape index (κ2) is 13.1. The van der Waals surface area contributed by atoms with Gasteiger partial charge in [0.25, 0.3) is 0 Å². The van der Waals surface area contributed by atoms with Crippen molar-refractivity contribution in [2.75, 3.05) is 4.90 Å². The number of para-hydroxylation sites is 2. The van der Waals surface area contributed by atoms with Crippen molar-refractivity contribution in [3.63, 3.8) is 0 Å². The van der Waals surface area contributed by atoms with Crippen LogP contribution in [0.1, 0.15) is 0 Å². The minimum atomic E-state index is 0.901. The number of hydrogen-bond acceptors (Lipinski definition) is 3. The Morgan fingerprint density at radius 1 is 0.379 bits per heavy atom. The maximum atomic E-state index is 6.63. The molecule has 0 spiro atoms. The van der Waals surface area contributed by atoms with Gasteiger partial charge in [-0.05, 0) is 107 Å². The van der Waals surface area contributed by atoms with Crippen molar-refractivity contribution in [3.05, 3.63) is 206 Å². The number of anilines is 3. The quantitative estimate of drug-likeness (QED) is 0.168. The van der Waals surface area contributed by atoms with Crippen molar-refractivity contribution in [2.24, 2.45) is 0 Å². The first-order valence-corrected chi connectivity index (χ1v) is 20.5. The maximum absolute atomic E-state index is 6.63. The lowest BCUT2D eigenvalue weighted by atomic mass is 10.0. The monoisotopic (exact) mass is 758 g/mol. The molecule has 0 amide bonds. The number of nitrogens with zero attached hydrogens (tertiary/aromatic N) is 2. The van der Waals surface area contributed by atoms with Crippen molar-refractivity contribution in [3.8, 4) is 27.9 Å². The Balaban J connectivity index is 0.979. The first-order valence-electron chi connectivity index (χ1n) is 19.7. The average molecular weight is 759 g/mol. The van der Waals surface area contributed by atoms with Gasteiger partial charge in [-0.3, -0.25) is 0 Å². The molecule has 0 unspecified atom stereocenters. The molecule has 0 N–H and O–H groups in total. The Labute approximate surface area is 338 Å². The summed E-state index contributed by atoms with van der Waals surface area (Å²) in [4.78, 5) is 2.35. The van der Waals surface area contributed by atoms with E-state index in [1.165, 1.54) is 53.2 Å². The fourth-order valence-corrected chi connectivity index (χ4v) is 9.93. The average Bonchev–Trinajstić information content (AvgIpc) is 3.97. The molecule has 0 aliphatic carbocycles. The zero-order valence-electron chi connectivity index (χ0n) is 31.3. The van der Waals surface area contributed by atoms with Gasteiger partial charge < -0.3 is 13.9 Å². The third-order valence-electron chi connectivity index (χ3n) is 11.6. The number of aromatic nitrogens is 1. The van der Waals surface area contributed by atoms with Crippen molar-refractivity contribution in [1.29, 1.82) is 0 Å². The predicted molar refractivity (Wildman–Crippen MR) is 247 cm³/mol. The molecule has 3 heterocycles. The van der Waals surface area contributed by atoms with Crippen LogP contribution in [0, 0.1) is 0 Å². The van der Waals surface area contributed by atoms with Crippen molar-refractivity contribution >= 4 is 92.3 Å². The van der Waals surface area contributed by atoms with Crippen LogP contribution < -0.4 is 4.90 Å². The molecule has 0 radical (unpaired) electrons. The van der Waals surface area contributed by atoms with Crippen LogP contribution in [0.15, 0.2) is 211 Å². The summed E-state index contributed by atoms with van der Waals surface area (Å²) in [6.45, 7) is 0. The molecule has 0 saturated carbocycles. The minimum Gasteiger partial charge on any atom is -0.454 e. The fraction of sp³-hybridized carbons (Fsp3) is 0. The highest BCUT2D eigenvalue weighted by atomic mass is 32.1. The van der Waals surface area contributed by atoms with Crippen LogP contribution in [0.4, 0.5) is 17.1 Å². The van der Waals surface area contributed by atoms with E-state index in [1.807, 2.05) is 17.4 Å². The van der Waals surface area contributed by atoms with Crippen molar-refractivity contribution in [1.82, 2.24) is 4.57 Å². The van der Waals surface area contributed by atoms with E-state index in [2.05, 4.69) is 210 Å². The maximum Gasteiger partial charge on any atom is 0.160 e.